The van der Waals surface area contributed by atoms with Gasteiger partial charge in [-0.3, -0.25) is 0 Å². The highest BCUT2D eigenvalue weighted by atomic mass is 79.9. The van der Waals surface area contributed by atoms with Gasteiger partial charge in [-0.2, -0.15) is 0 Å². The molecule has 0 atom stereocenters. The molecule has 1 aromatic carbocycles. The standard InChI is InChI=1S/C12H9BrFNO/c13-12-11(5-2-6-15-12)16-8-9-3-1-4-10(14)7-9/h1-7H,8H2. The quantitative estimate of drug-likeness (QED) is 0.803. The summed E-state index contributed by atoms with van der Waals surface area (Å²) in [5.41, 5.74) is 0.788. The molecule has 0 aliphatic rings. The van der Waals surface area contributed by atoms with Crippen LogP contribution >= 0.6 is 15.9 Å². The Hall–Kier alpha value is -1.42. The van der Waals surface area contributed by atoms with Gasteiger partial charge in [0.15, 0.2) is 5.75 Å². The van der Waals surface area contributed by atoms with E-state index < -0.39 is 0 Å². The maximum Gasteiger partial charge on any atom is 0.152 e. The van der Waals surface area contributed by atoms with E-state index in [-0.39, 0.29) is 5.82 Å². The average Bonchev–Trinajstić information content (AvgIpc) is 2.28. The van der Waals surface area contributed by atoms with E-state index in [0.717, 1.165) is 5.56 Å². The fourth-order valence-corrected chi connectivity index (χ4v) is 1.63. The molecule has 2 rings (SSSR count). The lowest BCUT2D eigenvalue weighted by Crippen LogP contribution is -1.97. The van der Waals surface area contributed by atoms with Crippen LogP contribution in [0.3, 0.4) is 0 Å². The van der Waals surface area contributed by atoms with Crippen LogP contribution in [-0.4, -0.2) is 4.98 Å². The Balaban J connectivity index is 2.05. The highest BCUT2D eigenvalue weighted by Gasteiger charge is 2.01. The van der Waals surface area contributed by atoms with Crippen LogP contribution in [0.2, 0.25) is 0 Å². The summed E-state index contributed by atoms with van der Waals surface area (Å²) in [6.07, 6.45) is 1.67. The van der Waals surface area contributed by atoms with Gasteiger partial charge in [-0.25, -0.2) is 9.37 Å². The van der Waals surface area contributed by atoms with Gasteiger partial charge >= 0.3 is 0 Å². The smallest absolute Gasteiger partial charge is 0.152 e. The first-order valence-electron chi connectivity index (χ1n) is 4.73. The van der Waals surface area contributed by atoms with Crippen molar-refractivity contribution in [2.24, 2.45) is 0 Å². The van der Waals surface area contributed by atoms with Crippen LogP contribution in [-0.2, 0) is 6.61 Å². The van der Waals surface area contributed by atoms with Crippen molar-refractivity contribution in [1.82, 2.24) is 4.98 Å². The number of hydrogen-bond donors (Lipinski definition) is 0. The Kier molecular flexibility index (Phi) is 3.51. The van der Waals surface area contributed by atoms with E-state index in [2.05, 4.69) is 20.9 Å². The highest BCUT2D eigenvalue weighted by Crippen LogP contribution is 2.22. The topological polar surface area (TPSA) is 22.1 Å². The number of halogens is 2. The Morgan fingerprint density at radius 1 is 1.25 bits per heavy atom. The zero-order valence-corrected chi connectivity index (χ0v) is 9.95. The molecule has 1 heterocycles. The lowest BCUT2D eigenvalue weighted by atomic mass is 10.2. The third kappa shape index (κ3) is 2.79. The van der Waals surface area contributed by atoms with Crippen LogP contribution in [0.5, 0.6) is 5.75 Å². The molecular formula is C12H9BrFNO. The Morgan fingerprint density at radius 2 is 2.12 bits per heavy atom. The Labute approximate surface area is 101 Å². The van der Waals surface area contributed by atoms with Gasteiger partial charge < -0.3 is 4.74 Å². The minimum absolute atomic E-state index is 0.258. The number of ether oxygens (including phenoxy) is 1. The van der Waals surface area contributed by atoms with Crippen molar-refractivity contribution in [2.45, 2.75) is 6.61 Å². The lowest BCUT2D eigenvalue weighted by molar-refractivity contribution is 0.302. The number of nitrogens with zero attached hydrogens (tertiary/aromatic N) is 1. The third-order valence-electron chi connectivity index (χ3n) is 2.01. The molecule has 2 nitrogen and oxygen atoms in total. The van der Waals surface area contributed by atoms with E-state index in [0.29, 0.717) is 17.0 Å². The Bertz CT molecular complexity index is 490. The number of aromatic nitrogens is 1. The average molecular weight is 282 g/mol. The van der Waals surface area contributed by atoms with Crippen LogP contribution in [0.25, 0.3) is 0 Å². The number of benzene rings is 1. The van der Waals surface area contributed by atoms with E-state index in [1.54, 1.807) is 24.4 Å². The largest absolute Gasteiger partial charge is 0.486 e. The van der Waals surface area contributed by atoms with Gasteiger partial charge in [0.25, 0.3) is 0 Å². The SMILES string of the molecule is Fc1cccc(COc2cccnc2Br)c1. The second-order valence-electron chi connectivity index (χ2n) is 3.21. The molecular weight excluding hydrogens is 273 g/mol. The van der Waals surface area contributed by atoms with Crippen molar-refractivity contribution in [3.05, 3.63) is 58.6 Å². The van der Waals surface area contributed by atoms with Gasteiger partial charge in [-0.05, 0) is 45.8 Å². The molecule has 0 bridgehead atoms. The van der Waals surface area contributed by atoms with Crippen LogP contribution in [0.4, 0.5) is 4.39 Å². The van der Waals surface area contributed by atoms with E-state index >= 15 is 0 Å². The van der Waals surface area contributed by atoms with Crippen LogP contribution in [0.15, 0.2) is 47.2 Å². The van der Waals surface area contributed by atoms with Crippen molar-refractivity contribution in [2.75, 3.05) is 0 Å². The normalized spacial score (nSPS) is 10.1. The predicted octanol–water partition coefficient (Wildman–Crippen LogP) is 3.56. The van der Waals surface area contributed by atoms with Crippen molar-refractivity contribution < 1.29 is 9.13 Å². The molecule has 0 unspecified atom stereocenters. The monoisotopic (exact) mass is 281 g/mol. The third-order valence-corrected chi connectivity index (χ3v) is 2.60. The molecule has 0 saturated heterocycles. The van der Waals surface area contributed by atoms with E-state index in [1.165, 1.54) is 12.1 Å². The zero-order valence-electron chi connectivity index (χ0n) is 8.36. The second kappa shape index (κ2) is 5.07. The molecule has 16 heavy (non-hydrogen) atoms. The molecule has 0 aliphatic carbocycles. The molecule has 0 N–H and O–H groups in total. The highest BCUT2D eigenvalue weighted by molar-refractivity contribution is 9.10. The van der Waals surface area contributed by atoms with E-state index in [1.807, 2.05) is 6.07 Å². The maximum absolute atomic E-state index is 12.9. The fourth-order valence-electron chi connectivity index (χ4n) is 1.27. The van der Waals surface area contributed by atoms with Gasteiger partial charge in [0, 0.05) is 6.20 Å². The lowest BCUT2D eigenvalue weighted by Gasteiger charge is -2.07. The van der Waals surface area contributed by atoms with Crippen molar-refractivity contribution in [3.8, 4) is 5.75 Å². The van der Waals surface area contributed by atoms with Gasteiger partial charge in [0.2, 0.25) is 0 Å². The summed E-state index contributed by atoms with van der Waals surface area (Å²) in [7, 11) is 0. The summed E-state index contributed by atoms with van der Waals surface area (Å²) in [6, 6.07) is 9.91. The van der Waals surface area contributed by atoms with Gasteiger partial charge in [0.05, 0.1) is 0 Å². The van der Waals surface area contributed by atoms with Crippen molar-refractivity contribution >= 4 is 15.9 Å². The van der Waals surface area contributed by atoms with E-state index in [4.69, 9.17) is 4.74 Å². The first kappa shape index (κ1) is 11.1. The molecule has 0 amide bonds. The first-order valence-corrected chi connectivity index (χ1v) is 5.53. The molecule has 82 valence electrons. The summed E-state index contributed by atoms with van der Waals surface area (Å²) in [4.78, 5) is 4.03. The van der Waals surface area contributed by atoms with Crippen molar-refractivity contribution in [3.63, 3.8) is 0 Å². The molecule has 4 heteroatoms. The fraction of sp³-hybridized carbons (Fsp3) is 0.0833. The summed E-state index contributed by atoms with van der Waals surface area (Å²) in [5, 5.41) is 0. The second-order valence-corrected chi connectivity index (χ2v) is 3.96. The number of pyridine rings is 1. The maximum atomic E-state index is 12.9. The minimum atomic E-state index is -0.258. The molecule has 0 saturated carbocycles. The summed E-state index contributed by atoms with van der Waals surface area (Å²) >= 11 is 3.27. The molecule has 1 aromatic heterocycles. The van der Waals surface area contributed by atoms with Gasteiger partial charge in [-0.1, -0.05) is 12.1 Å². The predicted molar refractivity (Wildman–Crippen MR) is 62.7 cm³/mol. The Morgan fingerprint density at radius 3 is 2.88 bits per heavy atom. The molecule has 2 aromatic rings. The van der Waals surface area contributed by atoms with Gasteiger partial charge in [0.1, 0.15) is 17.0 Å². The van der Waals surface area contributed by atoms with Crippen molar-refractivity contribution in [1.29, 1.82) is 0 Å². The molecule has 0 radical (unpaired) electrons. The molecule has 0 spiro atoms. The molecule has 0 fully saturated rings. The van der Waals surface area contributed by atoms with Crippen LogP contribution < -0.4 is 4.74 Å². The zero-order chi connectivity index (χ0) is 11.4. The van der Waals surface area contributed by atoms with E-state index in [9.17, 15) is 4.39 Å². The van der Waals surface area contributed by atoms with Crippen LogP contribution in [0, 0.1) is 5.82 Å². The first-order chi connectivity index (χ1) is 7.75. The summed E-state index contributed by atoms with van der Waals surface area (Å²) < 4.78 is 19.0. The minimum Gasteiger partial charge on any atom is -0.486 e. The summed E-state index contributed by atoms with van der Waals surface area (Å²) in [5.74, 6) is 0.387. The molecule has 0 aliphatic heterocycles. The number of rotatable bonds is 3. The summed E-state index contributed by atoms with van der Waals surface area (Å²) in [6.45, 7) is 0.321. The van der Waals surface area contributed by atoms with Gasteiger partial charge in [-0.15, -0.1) is 0 Å². The number of hydrogen-bond acceptors (Lipinski definition) is 2. The van der Waals surface area contributed by atoms with Crippen LogP contribution in [0.1, 0.15) is 5.56 Å².